The fraction of sp³-hybridized carbons (Fsp3) is 0.815. The molecule has 2 heterocycles. The molecule has 2 rings (SSSR count). The van der Waals surface area contributed by atoms with Gasteiger partial charge in [0.25, 0.3) is 0 Å². The van der Waals surface area contributed by atoms with E-state index in [0.29, 0.717) is 44.0 Å². The molecule has 40 heavy (non-hydrogen) atoms. The average molecular weight is 586 g/mol. The fourth-order valence-electron chi connectivity index (χ4n) is 4.67. The number of carbonyl (C=O) groups excluding carboxylic acids is 4. The Morgan fingerprint density at radius 2 is 1.57 bits per heavy atom. The molecule has 2 aliphatic rings. The van der Waals surface area contributed by atoms with Crippen LogP contribution in [0.25, 0.3) is 0 Å². The molecular weight excluding hydrogens is 538 g/mol. The van der Waals surface area contributed by atoms with Gasteiger partial charge in [0.15, 0.2) is 0 Å². The normalized spacial score (nSPS) is 20.6. The second kappa shape index (κ2) is 17.2. The predicted molar refractivity (Wildman–Crippen MR) is 153 cm³/mol. The van der Waals surface area contributed by atoms with Gasteiger partial charge in [-0.3, -0.25) is 9.59 Å². The molecule has 0 radical (unpaired) electrons. The lowest BCUT2D eigenvalue weighted by molar-refractivity contribution is -0.139. The van der Waals surface area contributed by atoms with E-state index >= 15 is 0 Å². The van der Waals surface area contributed by atoms with Gasteiger partial charge in [0.1, 0.15) is 11.6 Å². The van der Waals surface area contributed by atoms with Gasteiger partial charge in [-0.05, 0) is 65.7 Å². The van der Waals surface area contributed by atoms with Crippen molar-refractivity contribution in [3.8, 4) is 0 Å². The number of urea groups is 1. The highest BCUT2D eigenvalue weighted by atomic mass is 32.2. The summed E-state index contributed by atoms with van der Waals surface area (Å²) in [6.07, 6.45) is 6.70. The third-order valence-electron chi connectivity index (χ3n) is 6.71. The fourth-order valence-corrected chi connectivity index (χ4v) is 6.22. The van der Waals surface area contributed by atoms with Crippen molar-refractivity contribution in [2.75, 3.05) is 18.8 Å². The second-order valence-electron chi connectivity index (χ2n) is 11.4. The predicted octanol–water partition coefficient (Wildman–Crippen LogP) is 2.65. The number of unbranched alkanes of at least 4 members (excludes halogenated alkanes) is 4. The maximum absolute atomic E-state index is 12.1. The van der Waals surface area contributed by atoms with E-state index < -0.39 is 23.7 Å². The number of aliphatic carboxylic acids is 1. The second-order valence-corrected chi connectivity index (χ2v) is 12.7. The van der Waals surface area contributed by atoms with E-state index in [9.17, 15) is 29.1 Å². The van der Waals surface area contributed by atoms with Crippen molar-refractivity contribution in [1.29, 1.82) is 0 Å². The molecule has 0 aromatic heterocycles. The molecule has 2 aliphatic heterocycles. The van der Waals surface area contributed by atoms with Crippen LogP contribution in [0.5, 0.6) is 0 Å². The summed E-state index contributed by atoms with van der Waals surface area (Å²) in [7, 11) is 0. The number of ether oxygens (including phenoxy) is 1. The van der Waals surface area contributed by atoms with Crippen LogP contribution in [-0.2, 0) is 19.1 Å². The van der Waals surface area contributed by atoms with Crippen molar-refractivity contribution < 1.29 is 33.8 Å². The van der Waals surface area contributed by atoms with Crippen LogP contribution >= 0.6 is 11.8 Å². The number of amides is 5. The molecule has 5 amide bonds. The zero-order valence-corrected chi connectivity index (χ0v) is 24.8. The first-order chi connectivity index (χ1) is 18.9. The Morgan fingerprint density at radius 3 is 2.20 bits per heavy atom. The number of fused-ring (bicyclic) bond motifs is 1. The molecule has 12 nitrogen and oxygen atoms in total. The summed E-state index contributed by atoms with van der Waals surface area (Å²) in [6.45, 7) is 6.16. The first-order valence-electron chi connectivity index (χ1n) is 14.4. The summed E-state index contributed by atoms with van der Waals surface area (Å²) in [5.41, 5.74) is -0.708. The van der Waals surface area contributed by atoms with Crippen LogP contribution in [0.1, 0.15) is 91.4 Å². The Hall–Kier alpha value is -2.70. The minimum Gasteiger partial charge on any atom is -0.480 e. The van der Waals surface area contributed by atoms with Crippen molar-refractivity contribution in [3.63, 3.8) is 0 Å². The quantitative estimate of drug-likeness (QED) is 0.105. The lowest BCUT2D eigenvalue weighted by Crippen LogP contribution is -2.43. The van der Waals surface area contributed by atoms with Crippen molar-refractivity contribution in [2.24, 2.45) is 0 Å². The highest BCUT2D eigenvalue weighted by Gasteiger charge is 2.42. The van der Waals surface area contributed by atoms with E-state index in [4.69, 9.17) is 4.74 Å². The van der Waals surface area contributed by atoms with Crippen LogP contribution < -0.4 is 26.6 Å². The van der Waals surface area contributed by atoms with Gasteiger partial charge in [-0.2, -0.15) is 11.8 Å². The maximum Gasteiger partial charge on any atom is 0.408 e. The molecule has 0 aromatic rings. The van der Waals surface area contributed by atoms with Crippen LogP contribution in [-0.4, -0.2) is 82.8 Å². The van der Waals surface area contributed by atoms with Crippen LogP contribution in [0.2, 0.25) is 0 Å². The number of nitrogens with one attached hydrogen (secondary N) is 5. The molecule has 0 saturated carbocycles. The average Bonchev–Trinajstić information content (AvgIpc) is 3.40. The van der Waals surface area contributed by atoms with Gasteiger partial charge in [0.2, 0.25) is 11.8 Å². The Kier molecular flexibility index (Phi) is 14.4. The van der Waals surface area contributed by atoms with Crippen LogP contribution in [0, 0.1) is 0 Å². The first kappa shape index (κ1) is 33.5. The molecule has 0 bridgehead atoms. The topological polar surface area (TPSA) is 175 Å². The monoisotopic (exact) mass is 585 g/mol. The SMILES string of the molecule is CC(C)(C)OC(=O)NC(CCCCNC(=O)CCCCCNC(=O)CCCCC1SCC2NC(=O)NC21)C(=O)O. The van der Waals surface area contributed by atoms with Crippen LogP contribution in [0.4, 0.5) is 9.59 Å². The number of rotatable bonds is 18. The molecule has 0 aliphatic carbocycles. The number of carboxylic acid groups (broad SMARTS) is 1. The van der Waals surface area contributed by atoms with Crippen molar-refractivity contribution >= 4 is 41.7 Å². The minimum absolute atomic E-state index is 0.0506. The Bertz CT molecular complexity index is 867. The molecule has 2 fully saturated rings. The third kappa shape index (κ3) is 13.6. The van der Waals surface area contributed by atoms with E-state index in [1.54, 1.807) is 20.8 Å². The molecule has 13 heteroatoms. The summed E-state index contributed by atoms with van der Waals surface area (Å²) in [6, 6.07) is -0.669. The summed E-state index contributed by atoms with van der Waals surface area (Å²) >= 11 is 1.89. The summed E-state index contributed by atoms with van der Waals surface area (Å²) < 4.78 is 5.10. The lowest BCUT2D eigenvalue weighted by Gasteiger charge is -2.22. The van der Waals surface area contributed by atoms with E-state index in [1.165, 1.54) is 0 Å². The highest BCUT2D eigenvalue weighted by molar-refractivity contribution is 8.00. The molecule has 2 saturated heterocycles. The number of carbonyl (C=O) groups is 5. The Labute approximate surface area is 241 Å². The van der Waals surface area contributed by atoms with E-state index in [0.717, 1.165) is 44.3 Å². The van der Waals surface area contributed by atoms with Gasteiger partial charge < -0.3 is 36.4 Å². The molecule has 6 N–H and O–H groups in total. The van der Waals surface area contributed by atoms with E-state index in [2.05, 4.69) is 26.6 Å². The first-order valence-corrected chi connectivity index (χ1v) is 15.4. The summed E-state index contributed by atoms with van der Waals surface area (Å²) in [4.78, 5) is 58.7. The van der Waals surface area contributed by atoms with Gasteiger partial charge >= 0.3 is 18.1 Å². The lowest BCUT2D eigenvalue weighted by atomic mass is 10.0. The maximum atomic E-state index is 12.1. The third-order valence-corrected chi connectivity index (χ3v) is 8.22. The molecular formula is C27H47N5O7S. The summed E-state index contributed by atoms with van der Waals surface area (Å²) in [5, 5.41) is 23.8. The van der Waals surface area contributed by atoms with E-state index in [1.807, 2.05) is 11.8 Å². The Balaban J connectivity index is 1.40. The zero-order valence-electron chi connectivity index (χ0n) is 24.0. The number of alkyl carbamates (subject to hydrolysis) is 1. The van der Waals surface area contributed by atoms with Crippen molar-refractivity contribution in [1.82, 2.24) is 26.6 Å². The summed E-state index contributed by atoms with van der Waals surface area (Å²) in [5.74, 6) is -0.175. The van der Waals surface area contributed by atoms with E-state index in [-0.39, 0.29) is 36.3 Å². The molecule has 4 atom stereocenters. The van der Waals surface area contributed by atoms with Gasteiger partial charge in [-0.1, -0.05) is 12.8 Å². The molecule has 228 valence electrons. The van der Waals surface area contributed by atoms with Crippen LogP contribution in [0.15, 0.2) is 0 Å². The number of carboxylic acids is 1. The largest absolute Gasteiger partial charge is 0.480 e. The zero-order chi connectivity index (χ0) is 29.5. The van der Waals surface area contributed by atoms with Gasteiger partial charge in [0.05, 0.1) is 12.1 Å². The highest BCUT2D eigenvalue weighted by Crippen LogP contribution is 2.33. The number of hydrogen-bond donors (Lipinski definition) is 6. The van der Waals surface area contributed by atoms with Crippen LogP contribution in [0.3, 0.4) is 0 Å². The smallest absolute Gasteiger partial charge is 0.408 e. The van der Waals surface area contributed by atoms with Gasteiger partial charge in [0, 0.05) is 36.9 Å². The Morgan fingerprint density at radius 1 is 0.950 bits per heavy atom. The van der Waals surface area contributed by atoms with Crippen molar-refractivity contribution in [2.45, 2.75) is 120 Å². The minimum atomic E-state index is -1.12. The van der Waals surface area contributed by atoms with Gasteiger partial charge in [-0.15, -0.1) is 0 Å². The standard InChI is InChI=1S/C27H47N5O7S/c1-27(2,3)39-26(38)31-18(24(35)36)11-8-10-16-29-21(33)13-5-4-9-15-28-22(34)14-7-6-12-20-23-19(17-40-20)30-25(37)32-23/h18-20,23H,4-17H2,1-3H3,(H,28,34)(H,29,33)(H,31,38)(H,35,36)(H2,30,32,37). The van der Waals surface area contributed by atoms with Gasteiger partial charge in [-0.25, -0.2) is 14.4 Å². The molecule has 0 aromatic carbocycles. The van der Waals surface area contributed by atoms with Crippen molar-refractivity contribution in [3.05, 3.63) is 0 Å². The molecule has 4 unspecified atom stereocenters. The molecule has 0 spiro atoms. The number of thioether (sulfide) groups is 1. The number of hydrogen-bond acceptors (Lipinski definition) is 7.